The number of benzene rings is 2. The second kappa shape index (κ2) is 6.70. The Bertz CT molecular complexity index is 1050. The maximum Gasteiger partial charge on any atom is 0.275 e. The van der Waals surface area contributed by atoms with Gasteiger partial charge in [-0.05, 0) is 23.8 Å². The number of carbonyl (C=O) groups is 1. The average Bonchev–Trinajstić information content (AvgIpc) is 3.31. The fraction of sp³-hybridized carbons (Fsp3) is 0. The number of H-pyrrole nitrogens is 1. The molecule has 5 nitrogen and oxygen atoms in total. The molecule has 4 aromatic rings. The van der Waals surface area contributed by atoms with Gasteiger partial charge in [-0.1, -0.05) is 42.5 Å². The van der Waals surface area contributed by atoms with Crippen molar-refractivity contribution in [1.29, 1.82) is 0 Å². The zero-order valence-electron chi connectivity index (χ0n) is 13.1. The Labute approximate surface area is 148 Å². The van der Waals surface area contributed by atoms with Crippen molar-refractivity contribution < 1.29 is 4.79 Å². The van der Waals surface area contributed by atoms with Crippen LogP contribution in [0.4, 0.5) is 5.69 Å². The van der Waals surface area contributed by atoms with Crippen molar-refractivity contribution in [2.45, 2.75) is 0 Å². The van der Waals surface area contributed by atoms with Crippen LogP contribution >= 0.6 is 11.3 Å². The van der Waals surface area contributed by atoms with Crippen molar-refractivity contribution in [3.8, 4) is 0 Å². The summed E-state index contributed by atoms with van der Waals surface area (Å²) in [4.78, 5) is 16.3. The van der Waals surface area contributed by atoms with Crippen LogP contribution in [0.5, 0.6) is 0 Å². The number of hydrogen-bond acceptors (Lipinski definition) is 4. The van der Waals surface area contributed by atoms with Gasteiger partial charge < -0.3 is 5.32 Å². The van der Waals surface area contributed by atoms with Crippen LogP contribution in [0.2, 0.25) is 0 Å². The number of nitrogens with one attached hydrogen (secondary N) is 2. The van der Waals surface area contributed by atoms with Gasteiger partial charge in [0.2, 0.25) is 0 Å². The molecule has 2 N–H and O–H groups in total. The van der Waals surface area contributed by atoms with E-state index in [1.807, 2.05) is 60.7 Å². The van der Waals surface area contributed by atoms with Crippen LogP contribution < -0.4 is 5.32 Å². The predicted octanol–water partition coefficient (Wildman–Crippen LogP) is 4.44. The summed E-state index contributed by atoms with van der Waals surface area (Å²) in [5, 5.41) is 13.0. The zero-order valence-corrected chi connectivity index (χ0v) is 14.0. The van der Waals surface area contributed by atoms with E-state index in [0.29, 0.717) is 5.69 Å². The molecular weight excluding hydrogens is 332 g/mol. The maximum atomic E-state index is 12.2. The first-order valence-electron chi connectivity index (χ1n) is 7.71. The number of amides is 1. The minimum absolute atomic E-state index is 0.215. The minimum atomic E-state index is -0.215. The molecule has 2 aromatic heterocycles. The summed E-state index contributed by atoms with van der Waals surface area (Å²) < 4.78 is 0. The summed E-state index contributed by atoms with van der Waals surface area (Å²) in [7, 11) is 0. The summed E-state index contributed by atoms with van der Waals surface area (Å²) in [6.07, 6.45) is 3.88. The van der Waals surface area contributed by atoms with Gasteiger partial charge in [-0.15, -0.1) is 11.3 Å². The Morgan fingerprint density at radius 2 is 1.92 bits per heavy atom. The number of fused-ring (bicyclic) bond motifs is 1. The number of rotatable bonds is 4. The first kappa shape index (κ1) is 15.3. The van der Waals surface area contributed by atoms with Crippen LogP contribution in [0.25, 0.3) is 23.1 Å². The third-order valence-corrected chi connectivity index (χ3v) is 4.38. The Hall–Kier alpha value is -3.25. The van der Waals surface area contributed by atoms with Gasteiger partial charge >= 0.3 is 0 Å². The van der Waals surface area contributed by atoms with Crippen molar-refractivity contribution in [2.24, 2.45) is 0 Å². The Morgan fingerprint density at radius 1 is 1.08 bits per heavy atom. The monoisotopic (exact) mass is 346 g/mol. The van der Waals surface area contributed by atoms with E-state index in [2.05, 4.69) is 20.5 Å². The molecule has 0 aliphatic heterocycles. The van der Waals surface area contributed by atoms with Crippen molar-refractivity contribution in [1.82, 2.24) is 15.2 Å². The molecule has 0 radical (unpaired) electrons. The molecule has 0 unspecified atom stereocenters. The molecule has 0 saturated carbocycles. The van der Waals surface area contributed by atoms with Crippen LogP contribution in [0.1, 0.15) is 21.7 Å². The lowest BCUT2D eigenvalue weighted by atomic mass is 10.1. The van der Waals surface area contributed by atoms with E-state index in [0.717, 1.165) is 27.8 Å². The number of thiazole rings is 1. The molecule has 25 heavy (non-hydrogen) atoms. The SMILES string of the molecule is O=C(Nc1ccccc1/C=C/c1n[nH]c2ccccc12)c1cscn1. The van der Waals surface area contributed by atoms with Crippen LogP contribution in [0.3, 0.4) is 0 Å². The van der Waals surface area contributed by atoms with E-state index in [4.69, 9.17) is 0 Å². The highest BCUT2D eigenvalue weighted by Gasteiger charge is 2.09. The highest BCUT2D eigenvalue weighted by molar-refractivity contribution is 7.07. The Balaban J connectivity index is 1.61. The number of aromatic nitrogens is 3. The van der Waals surface area contributed by atoms with E-state index < -0.39 is 0 Å². The summed E-state index contributed by atoms with van der Waals surface area (Å²) in [5.74, 6) is -0.215. The molecule has 0 spiro atoms. The molecule has 2 aromatic carbocycles. The molecule has 0 saturated heterocycles. The number of carbonyl (C=O) groups excluding carboxylic acids is 1. The van der Waals surface area contributed by atoms with E-state index in [-0.39, 0.29) is 5.91 Å². The van der Waals surface area contributed by atoms with Gasteiger partial charge in [0.05, 0.1) is 16.7 Å². The van der Waals surface area contributed by atoms with Crippen LogP contribution in [0.15, 0.2) is 59.4 Å². The second-order valence-corrected chi connectivity index (χ2v) is 6.12. The Morgan fingerprint density at radius 3 is 2.80 bits per heavy atom. The number of para-hydroxylation sites is 2. The molecular formula is C19H14N4OS. The van der Waals surface area contributed by atoms with Crippen LogP contribution in [-0.2, 0) is 0 Å². The van der Waals surface area contributed by atoms with Crippen molar-refractivity contribution >= 4 is 46.0 Å². The normalized spacial score (nSPS) is 11.2. The molecule has 2 heterocycles. The number of hydrogen-bond donors (Lipinski definition) is 2. The molecule has 0 aliphatic carbocycles. The number of nitrogens with zero attached hydrogens (tertiary/aromatic N) is 2. The van der Waals surface area contributed by atoms with E-state index >= 15 is 0 Å². The van der Waals surface area contributed by atoms with Crippen LogP contribution in [-0.4, -0.2) is 21.1 Å². The summed E-state index contributed by atoms with van der Waals surface area (Å²) >= 11 is 1.39. The smallest absolute Gasteiger partial charge is 0.275 e. The van der Waals surface area contributed by atoms with Gasteiger partial charge in [-0.25, -0.2) is 4.98 Å². The lowest BCUT2D eigenvalue weighted by Crippen LogP contribution is -2.12. The summed E-state index contributed by atoms with van der Waals surface area (Å²) in [5.41, 5.74) is 5.55. The fourth-order valence-corrected chi connectivity index (χ4v) is 3.08. The van der Waals surface area contributed by atoms with Gasteiger partial charge in [0.25, 0.3) is 5.91 Å². The molecule has 0 fully saturated rings. The van der Waals surface area contributed by atoms with Crippen molar-refractivity contribution in [3.63, 3.8) is 0 Å². The third kappa shape index (κ3) is 3.20. The zero-order chi connectivity index (χ0) is 17.1. The van der Waals surface area contributed by atoms with Gasteiger partial charge in [0.1, 0.15) is 5.69 Å². The van der Waals surface area contributed by atoms with Crippen LogP contribution in [0, 0.1) is 0 Å². The first-order chi connectivity index (χ1) is 12.3. The highest BCUT2D eigenvalue weighted by atomic mass is 32.1. The fourth-order valence-electron chi connectivity index (χ4n) is 2.55. The average molecular weight is 346 g/mol. The number of anilines is 1. The van der Waals surface area contributed by atoms with Gasteiger partial charge in [-0.2, -0.15) is 5.10 Å². The lowest BCUT2D eigenvalue weighted by molar-refractivity contribution is 0.102. The molecule has 0 atom stereocenters. The van der Waals surface area contributed by atoms with E-state index in [1.54, 1.807) is 10.9 Å². The largest absolute Gasteiger partial charge is 0.320 e. The molecule has 122 valence electrons. The molecule has 0 bridgehead atoms. The summed E-state index contributed by atoms with van der Waals surface area (Å²) in [6.45, 7) is 0. The molecule has 1 amide bonds. The van der Waals surface area contributed by atoms with Gasteiger partial charge in [0.15, 0.2) is 0 Å². The van der Waals surface area contributed by atoms with Gasteiger partial charge in [-0.3, -0.25) is 9.89 Å². The van der Waals surface area contributed by atoms with E-state index in [1.165, 1.54) is 11.3 Å². The standard InChI is InChI=1S/C19H14N4OS/c24-19(18-11-25-12-20-18)21-15-7-3-1-5-13(15)9-10-17-14-6-2-4-8-16(14)22-23-17/h1-12H,(H,21,24)(H,22,23)/b10-9+. The highest BCUT2D eigenvalue weighted by Crippen LogP contribution is 2.21. The lowest BCUT2D eigenvalue weighted by Gasteiger charge is -2.07. The maximum absolute atomic E-state index is 12.2. The topological polar surface area (TPSA) is 70.7 Å². The van der Waals surface area contributed by atoms with Gasteiger partial charge in [0, 0.05) is 16.5 Å². The van der Waals surface area contributed by atoms with Crippen molar-refractivity contribution in [2.75, 3.05) is 5.32 Å². The number of aromatic amines is 1. The predicted molar refractivity (Wildman–Crippen MR) is 102 cm³/mol. The Kier molecular flexibility index (Phi) is 4.10. The molecule has 4 rings (SSSR count). The minimum Gasteiger partial charge on any atom is -0.320 e. The molecule has 0 aliphatic rings. The third-order valence-electron chi connectivity index (χ3n) is 3.79. The molecule has 6 heteroatoms. The van der Waals surface area contributed by atoms with Crippen molar-refractivity contribution in [3.05, 3.63) is 76.4 Å². The second-order valence-electron chi connectivity index (χ2n) is 5.40. The first-order valence-corrected chi connectivity index (χ1v) is 8.65. The quantitative estimate of drug-likeness (QED) is 0.574. The summed E-state index contributed by atoms with van der Waals surface area (Å²) in [6, 6.07) is 15.6. The van der Waals surface area contributed by atoms with E-state index in [9.17, 15) is 4.79 Å².